The SMILES string of the molecule is C[C@H]1OC[C@@](CC(=S)CC(=O)c2ccccc2)(c2ccccc2F)[C@@H]1CO.C[C@H]1OC[C@]2(c3ccccc3F)N=C(CC(=O)c3ccccc3)SC[C@H]12.ClCCl. The van der Waals surface area contributed by atoms with Crippen LogP contribution in [0.3, 0.4) is 0 Å². The van der Waals surface area contributed by atoms with E-state index >= 15 is 0 Å². The number of carbonyl (C=O) groups is 2. The van der Waals surface area contributed by atoms with E-state index in [4.69, 9.17) is 49.9 Å². The summed E-state index contributed by atoms with van der Waals surface area (Å²) in [5.74, 6) is -0.0523. The second-order valence-electron chi connectivity index (χ2n) is 14.0. The van der Waals surface area contributed by atoms with Crippen molar-refractivity contribution in [2.75, 3.05) is 30.9 Å². The highest BCUT2D eigenvalue weighted by molar-refractivity contribution is 8.14. The third-order valence-electron chi connectivity index (χ3n) is 10.7. The molecule has 4 aromatic carbocycles. The van der Waals surface area contributed by atoms with E-state index in [1.165, 1.54) is 12.1 Å². The number of benzene rings is 4. The molecule has 6 atom stereocenters. The van der Waals surface area contributed by atoms with E-state index in [0.29, 0.717) is 40.1 Å². The molecule has 56 heavy (non-hydrogen) atoms. The van der Waals surface area contributed by atoms with E-state index in [0.717, 1.165) is 10.8 Å². The standard InChI is InChI=1S/C22H23FO3S.C21H20FNO2S.CH2Cl2/c1-15-19(13-24)22(14-26-15,18-9-5-6-10-20(18)23)12-17(27)11-21(25)16-7-3-2-4-8-16;1-14-17-12-26-20(11-19(24)15-7-3-2-4-8-15)23-21(17,13-25-14)16-9-5-6-10-18(16)22;2-1-3/h2-10,15,19,24H,11-14H2,1H3;2-10,14,17H,11-13H2,1H3;1H2/t15-,19-,22+;14-,17-,21-;/m11./s1. The van der Waals surface area contributed by atoms with Gasteiger partial charge in [0, 0.05) is 57.6 Å². The molecule has 3 aliphatic heterocycles. The summed E-state index contributed by atoms with van der Waals surface area (Å²) in [5, 5.41) is 10.9. The van der Waals surface area contributed by atoms with Gasteiger partial charge in [-0.05, 0) is 38.0 Å². The summed E-state index contributed by atoms with van der Waals surface area (Å²) in [5.41, 5.74) is 0.834. The summed E-state index contributed by atoms with van der Waals surface area (Å²) >= 11 is 16.7. The maximum Gasteiger partial charge on any atom is 0.169 e. The Morgan fingerprint density at radius 1 is 0.804 bits per heavy atom. The van der Waals surface area contributed by atoms with Crippen LogP contribution in [0.4, 0.5) is 8.78 Å². The highest BCUT2D eigenvalue weighted by atomic mass is 35.5. The van der Waals surface area contributed by atoms with Crippen LogP contribution < -0.4 is 0 Å². The van der Waals surface area contributed by atoms with Gasteiger partial charge >= 0.3 is 0 Å². The highest BCUT2D eigenvalue weighted by Crippen LogP contribution is 2.49. The topological polar surface area (TPSA) is 85.2 Å². The summed E-state index contributed by atoms with van der Waals surface area (Å²) in [7, 11) is 0. The minimum atomic E-state index is -0.770. The molecule has 6 nitrogen and oxygen atoms in total. The first-order chi connectivity index (χ1) is 27.0. The van der Waals surface area contributed by atoms with E-state index in [1.54, 1.807) is 54.2 Å². The largest absolute Gasteiger partial charge is 0.396 e. The Balaban J connectivity index is 0.000000200. The van der Waals surface area contributed by atoms with Gasteiger partial charge in [0.2, 0.25) is 0 Å². The normalized spacial score (nSPS) is 25.1. The third-order valence-corrected chi connectivity index (χ3v) is 12.1. The molecule has 0 aliphatic carbocycles. The van der Waals surface area contributed by atoms with Crippen LogP contribution in [0.1, 0.15) is 65.0 Å². The number of aliphatic hydroxyl groups excluding tert-OH is 1. The molecule has 0 unspecified atom stereocenters. The quantitative estimate of drug-likeness (QED) is 0.0915. The molecule has 296 valence electrons. The monoisotopic (exact) mass is 839 g/mol. The van der Waals surface area contributed by atoms with Gasteiger partial charge in [-0.2, -0.15) is 0 Å². The summed E-state index contributed by atoms with van der Waals surface area (Å²) < 4.78 is 40.9. The lowest BCUT2D eigenvalue weighted by atomic mass is 9.67. The minimum Gasteiger partial charge on any atom is -0.396 e. The van der Waals surface area contributed by atoms with Crippen LogP contribution >= 0.6 is 47.2 Å². The van der Waals surface area contributed by atoms with Gasteiger partial charge in [0.15, 0.2) is 11.6 Å². The van der Waals surface area contributed by atoms with Crippen LogP contribution in [0.25, 0.3) is 0 Å². The maximum atomic E-state index is 14.7. The Hall–Kier alpha value is -3.35. The number of nitrogens with zero attached hydrogens (tertiary/aromatic N) is 1. The van der Waals surface area contributed by atoms with E-state index in [1.807, 2.05) is 68.4 Å². The fourth-order valence-electron chi connectivity index (χ4n) is 7.82. The van der Waals surface area contributed by atoms with Crippen molar-refractivity contribution in [3.05, 3.63) is 143 Å². The van der Waals surface area contributed by atoms with Crippen LogP contribution in [0.2, 0.25) is 0 Å². The average Bonchev–Trinajstić information content (AvgIpc) is 3.71. The molecular weight excluding hydrogens is 796 g/mol. The minimum absolute atomic E-state index is 0.0113. The predicted octanol–water partition coefficient (Wildman–Crippen LogP) is 10.0. The van der Waals surface area contributed by atoms with E-state index < -0.39 is 11.0 Å². The predicted molar refractivity (Wildman–Crippen MR) is 226 cm³/mol. The third kappa shape index (κ3) is 10.0. The number of aliphatic hydroxyl groups is 1. The second kappa shape index (κ2) is 20.4. The molecule has 0 radical (unpaired) electrons. The smallest absolute Gasteiger partial charge is 0.169 e. The number of ether oxygens (including phenoxy) is 2. The Morgan fingerprint density at radius 3 is 1.89 bits per heavy atom. The van der Waals surface area contributed by atoms with Gasteiger partial charge in [0.05, 0.1) is 42.2 Å². The molecule has 2 fully saturated rings. The molecule has 2 saturated heterocycles. The molecule has 3 heterocycles. The summed E-state index contributed by atoms with van der Waals surface area (Å²) in [6, 6.07) is 31.5. The lowest BCUT2D eigenvalue weighted by Gasteiger charge is -2.36. The zero-order chi connectivity index (χ0) is 40.3. The summed E-state index contributed by atoms with van der Waals surface area (Å²) in [6.07, 6.45) is 0.463. The Morgan fingerprint density at radius 2 is 1.32 bits per heavy atom. The van der Waals surface area contributed by atoms with Crippen LogP contribution in [0.5, 0.6) is 0 Å². The van der Waals surface area contributed by atoms with Crippen molar-refractivity contribution in [3.8, 4) is 0 Å². The van der Waals surface area contributed by atoms with E-state index in [2.05, 4.69) is 0 Å². The molecule has 0 saturated carbocycles. The van der Waals surface area contributed by atoms with Crippen molar-refractivity contribution in [1.29, 1.82) is 0 Å². The van der Waals surface area contributed by atoms with Crippen LogP contribution in [0.15, 0.2) is 114 Å². The fourth-order valence-corrected chi connectivity index (χ4v) is 9.59. The number of rotatable bonds is 11. The second-order valence-corrected chi connectivity index (χ2v) is 16.5. The Labute approximate surface area is 347 Å². The number of Topliss-reactive ketones (excluding diaryl/α,β-unsaturated/α-hetero) is 2. The van der Waals surface area contributed by atoms with Gasteiger partial charge in [-0.3, -0.25) is 14.6 Å². The molecule has 12 heteroatoms. The molecule has 7 rings (SSSR count). The van der Waals surface area contributed by atoms with Gasteiger partial charge < -0.3 is 14.6 Å². The molecule has 0 spiro atoms. The number of alkyl halides is 2. The van der Waals surface area contributed by atoms with E-state index in [9.17, 15) is 23.5 Å². The number of ketones is 2. The molecular formula is C44H45Cl2F2NO5S2. The fraction of sp³-hybridized carbons (Fsp3) is 0.364. The number of fused-ring (bicyclic) bond motifs is 1. The van der Waals surface area contributed by atoms with Crippen molar-refractivity contribution >= 4 is 68.7 Å². The van der Waals surface area contributed by atoms with Crippen molar-refractivity contribution in [3.63, 3.8) is 0 Å². The van der Waals surface area contributed by atoms with Gasteiger partial charge in [-0.25, -0.2) is 8.78 Å². The van der Waals surface area contributed by atoms with Crippen LogP contribution in [-0.4, -0.2) is 69.7 Å². The Bertz CT molecular complexity index is 1990. The maximum absolute atomic E-state index is 14.7. The van der Waals surface area contributed by atoms with Crippen molar-refractivity contribution in [2.24, 2.45) is 16.8 Å². The van der Waals surface area contributed by atoms with Crippen LogP contribution in [-0.2, 0) is 20.4 Å². The lowest BCUT2D eigenvalue weighted by Crippen LogP contribution is -2.41. The molecule has 1 N–H and O–H groups in total. The molecule has 3 aliphatic rings. The van der Waals surface area contributed by atoms with Gasteiger partial charge in [0.25, 0.3) is 0 Å². The zero-order valence-corrected chi connectivity index (χ0v) is 34.4. The summed E-state index contributed by atoms with van der Waals surface area (Å²) in [6.45, 7) is 4.37. The van der Waals surface area contributed by atoms with Crippen molar-refractivity contribution in [1.82, 2.24) is 0 Å². The zero-order valence-electron chi connectivity index (χ0n) is 31.2. The number of hydrogen-bond acceptors (Lipinski definition) is 8. The number of hydrogen-bond donors (Lipinski definition) is 1. The van der Waals surface area contributed by atoms with Gasteiger partial charge in [0.1, 0.15) is 17.2 Å². The average molecular weight is 841 g/mol. The first kappa shape index (κ1) is 43.8. The number of aliphatic imine (C=N–C) groups is 1. The Kier molecular flexibility index (Phi) is 15.9. The number of thioether (sulfide) groups is 1. The van der Waals surface area contributed by atoms with Gasteiger partial charge in [-0.1, -0.05) is 109 Å². The first-order valence-electron chi connectivity index (χ1n) is 18.3. The molecule has 0 aromatic heterocycles. The number of carbonyl (C=O) groups excluding carboxylic acids is 2. The van der Waals surface area contributed by atoms with Gasteiger partial charge in [-0.15, -0.1) is 35.0 Å². The molecule has 0 bridgehead atoms. The number of halogens is 4. The van der Waals surface area contributed by atoms with E-state index in [-0.39, 0.29) is 78.6 Å². The first-order valence-corrected chi connectivity index (χ1v) is 20.8. The lowest BCUT2D eigenvalue weighted by molar-refractivity contribution is 0.0861. The summed E-state index contributed by atoms with van der Waals surface area (Å²) in [4.78, 5) is 30.5. The number of thiocarbonyl (C=S) groups is 1. The van der Waals surface area contributed by atoms with Crippen molar-refractivity contribution in [2.45, 2.75) is 56.3 Å². The molecule has 4 aromatic rings. The van der Waals surface area contributed by atoms with Crippen molar-refractivity contribution < 1.29 is 33.0 Å². The highest BCUT2D eigenvalue weighted by Gasteiger charge is 2.53. The van der Waals surface area contributed by atoms with Crippen LogP contribution in [0, 0.1) is 23.5 Å². The molecule has 0 amide bonds.